The summed E-state index contributed by atoms with van der Waals surface area (Å²) in [5.41, 5.74) is 1.17. The van der Waals surface area contributed by atoms with Crippen molar-refractivity contribution in [1.82, 2.24) is 10.6 Å². The van der Waals surface area contributed by atoms with Gasteiger partial charge in [0.25, 0.3) is 0 Å². The number of hydrogen-bond donors (Lipinski definition) is 2. The van der Waals surface area contributed by atoms with Crippen LogP contribution in [0.15, 0.2) is 24.3 Å². The Labute approximate surface area is 120 Å². The molecule has 1 amide bonds. The third kappa shape index (κ3) is 4.85. The summed E-state index contributed by atoms with van der Waals surface area (Å²) in [6, 6.07) is 8.18. The average Bonchev–Trinajstić information content (AvgIpc) is 2.74. The number of nitrogens with one attached hydrogen (secondary N) is 2. The number of ether oxygens (including phenoxy) is 1. The maximum absolute atomic E-state index is 12.0. The molecule has 1 aliphatic heterocycles. The van der Waals surface area contributed by atoms with Gasteiger partial charge in [-0.05, 0) is 43.5 Å². The molecule has 4 nitrogen and oxygen atoms in total. The minimum absolute atomic E-state index is 0.148. The lowest BCUT2D eigenvalue weighted by Crippen LogP contribution is -2.40. The number of amides is 1. The number of methoxy groups -OCH3 is 1. The van der Waals surface area contributed by atoms with Crippen LogP contribution in [0.4, 0.5) is 0 Å². The van der Waals surface area contributed by atoms with Crippen LogP contribution >= 0.6 is 0 Å². The van der Waals surface area contributed by atoms with Crippen molar-refractivity contribution in [3.05, 3.63) is 29.8 Å². The Hall–Kier alpha value is -1.55. The van der Waals surface area contributed by atoms with Gasteiger partial charge in [-0.3, -0.25) is 4.79 Å². The number of hydrogen-bond acceptors (Lipinski definition) is 3. The molecule has 0 radical (unpaired) electrons. The monoisotopic (exact) mass is 276 g/mol. The molecule has 1 aromatic carbocycles. The van der Waals surface area contributed by atoms with E-state index in [-0.39, 0.29) is 5.91 Å². The zero-order valence-corrected chi connectivity index (χ0v) is 12.2. The number of rotatable bonds is 5. The van der Waals surface area contributed by atoms with Crippen LogP contribution in [0.2, 0.25) is 0 Å². The van der Waals surface area contributed by atoms with Crippen molar-refractivity contribution in [2.45, 2.75) is 38.1 Å². The zero-order chi connectivity index (χ0) is 14.2. The summed E-state index contributed by atoms with van der Waals surface area (Å²) >= 11 is 0. The molecule has 2 N–H and O–H groups in total. The molecule has 1 heterocycles. The molecule has 0 aliphatic carbocycles. The first kappa shape index (κ1) is 14.9. The van der Waals surface area contributed by atoms with Crippen LogP contribution in [0, 0.1) is 0 Å². The standard InChI is InChI=1S/C16H24N2O2/c1-20-15-8-5-13(6-9-15)7-10-16(19)18-14-4-2-3-11-17-12-14/h5-6,8-9,14,17H,2-4,7,10-12H2,1H3,(H,18,19). The summed E-state index contributed by atoms with van der Waals surface area (Å²) in [6.07, 6.45) is 4.80. The quantitative estimate of drug-likeness (QED) is 0.863. The van der Waals surface area contributed by atoms with Crippen LogP contribution in [0.1, 0.15) is 31.2 Å². The Bertz CT molecular complexity index is 409. The summed E-state index contributed by atoms with van der Waals surface area (Å²) in [4.78, 5) is 12.0. The van der Waals surface area contributed by atoms with Gasteiger partial charge in [0.2, 0.25) is 5.91 Å². The van der Waals surface area contributed by atoms with E-state index < -0.39 is 0 Å². The minimum Gasteiger partial charge on any atom is -0.497 e. The summed E-state index contributed by atoms with van der Waals surface area (Å²) in [5.74, 6) is 0.997. The fourth-order valence-electron chi connectivity index (χ4n) is 2.49. The third-order valence-corrected chi connectivity index (χ3v) is 3.71. The van der Waals surface area contributed by atoms with Crippen molar-refractivity contribution in [3.63, 3.8) is 0 Å². The molecular formula is C16H24N2O2. The Morgan fingerprint density at radius 1 is 1.35 bits per heavy atom. The van der Waals surface area contributed by atoms with E-state index in [4.69, 9.17) is 4.74 Å². The molecule has 2 rings (SSSR count). The number of carbonyl (C=O) groups is 1. The van der Waals surface area contributed by atoms with E-state index in [1.807, 2.05) is 24.3 Å². The van der Waals surface area contributed by atoms with Crippen LogP contribution in [0.25, 0.3) is 0 Å². The van der Waals surface area contributed by atoms with Crippen LogP contribution in [0.3, 0.4) is 0 Å². The normalized spacial score (nSPS) is 19.1. The Morgan fingerprint density at radius 3 is 2.90 bits per heavy atom. The molecule has 1 atom stereocenters. The number of aryl methyl sites for hydroxylation is 1. The summed E-state index contributed by atoms with van der Waals surface area (Å²) < 4.78 is 5.12. The Balaban J connectivity index is 1.73. The van der Waals surface area contributed by atoms with Gasteiger partial charge < -0.3 is 15.4 Å². The smallest absolute Gasteiger partial charge is 0.220 e. The molecule has 4 heteroatoms. The van der Waals surface area contributed by atoms with Crippen molar-refractivity contribution in [2.24, 2.45) is 0 Å². The highest BCUT2D eigenvalue weighted by atomic mass is 16.5. The van der Waals surface area contributed by atoms with Gasteiger partial charge in [0.15, 0.2) is 0 Å². The van der Waals surface area contributed by atoms with E-state index in [0.29, 0.717) is 12.5 Å². The SMILES string of the molecule is COc1ccc(CCC(=O)NC2CCCCNC2)cc1. The van der Waals surface area contributed by atoms with Crippen LogP contribution in [0.5, 0.6) is 5.75 Å². The fraction of sp³-hybridized carbons (Fsp3) is 0.562. The van der Waals surface area contributed by atoms with Gasteiger partial charge in [0.1, 0.15) is 5.75 Å². The van der Waals surface area contributed by atoms with Gasteiger partial charge in [-0.15, -0.1) is 0 Å². The van der Waals surface area contributed by atoms with Crippen molar-refractivity contribution in [2.75, 3.05) is 20.2 Å². The molecule has 1 fully saturated rings. The Morgan fingerprint density at radius 2 is 2.15 bits per heavy atom. The van der Waals surface area contributed by atoms with E-state index in [0.717, 1.165) is 31.7 Å². The lowest BCUT2D eigenvalue weighted by molar-refractivity contribution is -0.121. The van der Waals surface area contributed by atoms with Gasteiger partial charge in [0.05, 0.1) is 7.11 Å². The van der Waals surface area contributed by atoms with Gasteiger partial charge in [-0.2, -0.15) is 0 Å². The Kier molecular flexibility index (Phi) is 5.87. The van der Waals surface area contributed by atoms with Gasteiger partial charge in [-0.25, -0.2) is 0 Å². The van der Waals surface area contributed by atoms with E-state index in [1.54, 1.807) is 7.11 Å². The van der Waals surface area contributed by atoms with E-state index in [9.17, 15) is 4.79 Å². The maximum Gasteiger partial charge on any atom is 0.220 e. The summed E-state index contributed by atoms with van der Waals surface area (Å²) in [7, 11) is 1.66. The van der Waals surface area contributed by atoms with Gasteiger partial charge in [0, 0.05) is 19.0 Å². The predicted octanol–water partition coefficient (Wildman–Crippen LogP) is 1.89. The highest BCUT2D eigenvalue weighted by Crippen LogP contribution is 2.12. The van der Waals surface area contributed by atoms with E-state index in [2.05, 4.69) is 10.6 Å². The van der Waals surface area contributed by atoms with Crippen molar-refractivity contribution >= 4 is 5.91 Å². The molecule has 1 aromatic rings. The second-order valence-corrected chi connectivity index (χ2v) is 5.31. The predicted molar refractivity (Wildman–Crippen MR) is 80.0 cm³/mol. The molecule has 0 spiro atoms. The lowest BCUT2D eigenvalue weighted by Gasteiger charge is -2.16. The molecule has 0 aromatic heterocycles. The van der Waals surface area contributed by atoms with E-state index >= 15 is 0 Å². The summed E-state index contributed by atoms with van der Waals surface area (Å²) in [6.45, 7) is 1.96. The van der Waals surface area contributed by atoms with Crippen molar-refractivity contribution in [3.8, 4) is 5.75 Å². The summed E-state index contributed by atoms with van der Waals surface area (Å²) in [5, 5.41) is 6.49. The molecule has 1 aliphatic rings. The van der Waals surface area contributed by atoms with E-state index in [1.165, 1.54) is 18.4 Å². The largest absolute Gasteiger partial charge is 0.497 e. The van der Waals surface area contributed by atoms with Crippen LogP contribution in [-0.4, -0.2) is 32.1 Å². The molecule has 1 saturated heterocycles. The molecule has 0 bridgehead atoms. The van der Waals surface area contributed by atoms with Gasteiger partial charge in [-0.1, -0.05) is 18.6 Å². The van der Waals surface area contributed by atoms with Crippen molar-refractivity contribution in [1.29, 1.82) is 0 Å². The topological polar surface area (TPSA) is 50.4 Å². The second kappa shape index (κ2) is 7.90. The highest BCUT2D eigenvalue weighted by Gasteiger charge is 2.14. The van der Waals surface area contributed by atoms with Gasteiger partial charge >= 0.3 is 0 Å². The first-order valence-electron chi connectivity index (χ1n) is 7.41. The highest BCUT2D eigenvalue weighted by molar-refractivity contribution is 5.76. The zero-order valence-electron chi connectivity index (χ0n) is 12.2. The molecule has 20 heavy (non-hydrogen) atoms. The van der Waals surface area contributed by atoms with Crippen LogP contribution in [-0.2, 0) is 11.2 Å². The molecule has 0 saturated carbocycles. The fourth-order valence-corrected chi connectivity index (χ4v) is 2.49. The average molecular weight is 276 g/mol. The molecule has 1 unspecified atom stereocenters. The van der Waals surface area contributed by atoms with Crippen molar-refractivity contribution < 1.29 is 9.53 Å². The second-order valence-electron chi connectivity index (χ2n) is 5.31. The number of carbonyl (C=O) groups excluding carboxylic acids is 1. The minimum atomic E-state index is 0.148. The number of benzene rings is 1. The molecular weight excluding hydrogens is 252 g/mol. The first-order valence-corrected chi connectivity index (χ1v) is 7.41. The third-order valence-electron chi connectivity index (χ3n) is 3.71. The molecule has 110 valence electrons. The maximum atomic E-state index is 12.0. The lowest BCUT2D eigenvalue weighted by atomic mass is 10.1. The first-order chi connectivity index (χ1) is 9.78. The van der Waals surface area contributed by atoms with Crippen LogP contribution < -0.4 is 15.4 Å².